The quantitative estimate of drug-likeness (QED) is 0.171. The summed E-state index contributed by atoms with van der Waals surface area (Å²) in [6.45, 7) is 11.6. The van der Waals surface area contributed by atoms with Crippen LogP contribution >= 0.6 is 0 Å². The second-order valence-electron chi connectivity index (χ2n) is 16.8. The number of fused-ring (bicyclic) bond motifs is 1. The fourth-order valence-corrected chi connectivity index (χ4v) is 7.96. The molecule has 0 bridgehead atoms. The first-order valence-electron chi connectivity index (χ1n) is 19.5. The highest BCUT2D eigenvalue weighted by molar-refractivity contribution is 6.38. The molecule has 1 heterocycles. The van der Waals surface area contributed by atoms with E-state index in [0.717, 1.165) is 57.8 Å². The minimum atomic E-state index is -1.05. The van der Waals surface area contributed by atoms with E-state index in [1.807, 2.05) is 41.5 Å². The predicted octanol–water partition coefficient (Wildman–Crippen LogP) is 2.65. The molecule has 3 saturated carbocycles. The van der Waals surface area contributed by atoms with Crippen LogP contribution in [0.15, 0.2) is 0 Å². The molecule has 0 aromatic carbocycles. The summed E-state index contributed by atoms with van der Waals surface area (Å²) in [7, 11) is 0. The van der Waals surface area contributed by atoms with Crippen LogP contribution in [0, 0.1) is 23.2 Å². The third-order valence-electron chi connectivity index (χ3n) is 11.0. The van der Waals surface area contributed by atoms with Gasteiger partial charge in [0.05, 0.1) is 6.04 Å². The minimum Gasteiger partial charge on any atom is -0.348 e. The fraction of sp³-hybridized carbons (Fsp3) is 0.816. The van der Waals surface area contributed by atoms with Crippen molar-refractivity contribution in [1.29, 1.82) is 0 Å². The summed E-state index contributed by atoms with van der Waals surface area (Å²) in [5.74, 6) is -4.43. The van der Waals surface area contributed by atoms with Gasteiger partial charge in [-0.25, -0.2) is 0 Å². The van der Waals surface area contributed by atoms with Crippen LogP contribution in [0.2, 0.25) is 0 Å². The molecule has 3 unspecified atom stereocenters. The van der Waals surface area contributed by atoms with Gasteiger partial charge in [-0.3, -0.25) is 33.6 Å². The van der Waals surface area contributed by atoms with E-state index >= 15 is 0 Å². The molecule has 4 rings (SSSR count). The summed E-state index contributed by atoms with van der Waals surface area (Å²) in [5, 5.41) is 13.9. The first-order chi connectivity index (χ1) is 24.1. The van der Waals surface area contributed by atoms with Gasteiger partial charge in [-0.05, 0) is 74.5 Å². The second kappa shape index (κ2) is 17.8. The summed E-state index contributed by atoms with van der Waals surface area (Å²) >= 11 is 0. The highest BCUT2D eigenvalue weighted by atomic mass is 16.2. The van der Waals surface area contributed by atoms with E-state index in [-0.39, 0.29) is 29.8 Å². The van der Waals surface area contributed by atoms with E-state index in [0.29, 0.717) is 38.6 Å². The largest absolute Gasteiger partial charge is 0.348 e. The molecule has 51 heavy (non-hydrogen) atoms. The fourth-order valence-electron chi connectivity index (χ4n) is 7.96. The number of hydrogen-bond acceptors (Lipinski definition) is 7. The molecular weight excluding hydrogens is 652 g/mol. The lowest BCUT2D eigenvalue weighted by atomic mass is 9.81. The van der Waals surface area contributed by atoms with Gasteiger partial charge >= 0.3 is 11.8 Å². The molecule has 286 valence electrons. The number of amides is 6. The van der Waals surface area contributed by atoms with Gasteiger partial charge in [-0.2, -0.15) is 0 Å². The van der Waals surface area contributed by atoms with Crippen LogP contribution in [0.25, 0.3) is 0 Å². The lowest BCUT2D eigenvalue weighted by molar-refractivity contribution is -0.148. The molecule has 0 spiro atoms. The van der Waals surface area contributed by atoms with Crippen molar-refractivity contribution < 1.29 is 33.6 Å². The van der Waals surface area contributed by atoms with E-state index in [1.165, 1.54) is 0 Å². The number of nitrogens with one attached hydrogen (secondary N) is 5. The van der Waals surface area contributed by atoms with E-state index < -0.39 is 70.8 Å². The summed E-state index contributed by atoms with van der Waals surface area (Å²) in [6, 6.07) is -4.14. The zero-order chi connectivity index (χ0) is 37.5. The maximum absolute atomic E-state index is 14.8. The molecule has 1 saturated heterocycles. The smallest absolute Gasteiger partial charge is 0.309 e. The van der Waals surface area contributed by atoms with Gasteiger partial charge in [-0.15, -0.1) is 0 Å². The summed E-state index contributed by atoms with van der Waals surface area (Å²) < 4.78 is 0. The third-order valence-corrected chi connectivity index (χ3v) is 11.0. The third kappa shape index (κ3) is 10.8. The Kier molecular flexibility index (Phi) is 14.1. The molecular formula is C38H62N6O7. The monoisotopic (exact) mass is 714 g/mol. The lowest BCUT2D eigenvalue weighted by Gasteiger charge is -2.40. The molecule has 5 N–H and O–H groups in total. The molecule has 3 aliphatic carbocycles. The van der Waals surface area contributed by atoms with Crippen molar-refractivity contribution in [3.63, 3.8) is 0 Å². The van der Waals surface area contributed by atoms with Crippen molar-refractivity contribution in [3.05, 3.63) is 0 Å². The number of Topliss-reactive ketones (excluding diaryl/α,β-unsaturated/α-hetero) is 1. The predicted molar refractivity (Wildman–Crippen MR) is 192 cm³/mol. The van der Waals surface area contributed by atoms with Crippen molar-refractivity contribution in [2.24, 2.45) is 23.2 Å². The van der Waals surface area contributed by atoms with E-state index in [4.69, 9.17) is 0 Å². The Hall–Kier alpha value is -3.51. The topological polar surface area (TPSA) is 183 Å². The molecule has 6 atom stereocenters. The average Bonchev–Trinajstić information content (AvgIpc) is 3.82. The molecule has 6 amide bonds. The van der Waals surface area contributed by atoms with Crippen molar-refractivity contribution in [1.82, 2.24) is 31.5 Å². The molecule has 0 radical (unpaired) electrons. The number of carbonyl (C=O) groups excluding carboxylic acids is 7. The SMILES string of the molecule is CCC[C@H](NC(=O)C1CC2CCCCC2N1C(=O)[C@@H](NC(=O)[C@@H](NC(=O)C(=O)NCC(C)C)C1CCCCC1)C(C)(C)C)C(=O)C(=O)NC1CC1. The summed E-state index contributed by atoms with van der Waals surface area (Å²) in [4.78, 5) is 96.2. The highest BCUT2D eigenvalue weighted by Crippen LogP contribution is 2.41. The zero-order valence-corrected chi connectivity index (χ0v) is 31.6. The Labute approximate surface area is 303 Å². The van der Waals surface area contributed by atoms with Crippen molar-refractivity contribution in [2.75, 3.05) is 6.54 Å². The number of nitrogens with zero attached hydrogens (tertiary/aromatic N) is 1. The van der Waals surface area contributed by atoms with Crippen LogP contribution in [-0.2, 0) is 33.6 Å². The Bertz CT molecular complexity index is 1300. The van der Waals surface area contributed by atoms with Crippen LogP contribution in [0.3, 0.4) is 0 Å². The van der Waals surface area contributed by atoms with E-state index in [2.05, 4.69) is 26.6 Å². The van der Waals surface area contributed by atoms with Gasteiger partial charge in [0.1, 0.15) is 18.1 Å². The first kappa shape index (κ1) is 40.3. The summed E-state index contributed by atoms with van der Waals surface area (Å²) in [5.41, 5.74) is -0.780. The summed E-state index contributed by atoms with van der Waals surface area (Å²) in [6.07, 6.45) is 10.6. The van der Waals surface area contributed by atoms with Gasteiger partial charge in [0.2, 0.25) is 23.5 Å². The molecule has 4 aliphatic rings. The number of rotatable bonds is 14. The van der Waals surface area contributed by atoms with Crippen molar-refractivity contribution in [3.8, 4) is 0 Å². The maximum atomic E-state index is 14.8. The van der Waals surface area contributed by atoms with Crippen LogP contribution in [0.1, 0.15) is 131 Å². The first-order valence-corrected chi connectivity index (χ1v) is 19.5. The number of hydrogen-bond donors (Lipinski definition) is 5. The Balaban J connectivity index is 1.57. The van der Waals surface area contributed by atoms with E-state index in [9.17, 15) is 33.6 Å². The lowest BCUT2D eigenvalue weighted by Crippen LogP contribution is -2.63. The Morgan fingerprint density at radius 3 is 2.02 bits per heavy atom. The van der Waals surface area contributed by atoms with Crippen LogP contribution in [-0.4, -0.2) is 88.9 Å². The van der Waals surface area contributed by atoms with Gasteiger partial charge in [0, 0.05) is 18.6 Å². The zero-order valence-electron chi connectivity index (χ0n) is 31.6. The normalized spacial score (nSPS) is 24.1. The molecule has 0 aromatic heterocycles. The van der Waals surface area contributed by atoms with Crippen LogP contribution in [0.5, 0.6) is 0 Å². The number of likely N-dealkylation sites (tertiary alicyclic amines) is 1. The van der Waals surface area contributed by atoms with Crippen LogP contribution in [0.4, 0.5) is 0 Å². The van der Waals surface area contributed by atoms with E-state index in [1.54, 1.807) is 4.90 Å². The standard InChI is InChI=1S/C38H62N6O7/c1-7-13-26(30(45)34(48)40-25-18-19-25)41-32(46)28-20-24-16-11-12-17-27(24)44(28)37(51)31(38(4,5)6)43-33(47)29(23-14-9-8-10-15-23)42-36(50)35(49)39-21-22(2)3/h22-29,31H,7-21H2,1-6H3,(H,39,49)(H,40,48)(H,41,46)(H,42,50)(H,43,47)/t24?,26-,27?,28?,29-,31+/m0/s1. The highest BCUT2D eigenvalue weighted by Gasteiger charge is 2.51. The Morgan fingerprint density at radius 1 is 0.765 bits per heavy atom. The molecule has 1 aliphatic heterocycles. The molecule has 13 heteroatoms. The second-order valence-corrected chi connectivity index (χ2v) is 16.8. The molecule has 4 fully saturated rings. The van der Waals surface area contributed by atoms with Crippen molar-refractivity contribution >= 4 is 41.2 Å². The number of carbonyl (C=O) groups is 7. The van der Waals surface area contributed by atoms with Gasteiger partial charge in [0.25, 0.3) is 5.91 Å². The van der Waals surface area contributed by atoms with Gasteiger partial charge in [0.15, 0.2) is 0 Å². The van der Waals surface area contributed by atoms with Crippen LogP contribution < -0.4 is 26.6 Å². The van der Waals surface area contributed by atoms with Crippen molar-refractivity contribution in [2.45, 2.75) is 168 Å². The Morgan fingerprint density at radius 2 is 1.41 bits per heavy atom. The number of ketones is 1. The maximum Gasteiger partial charge on any atom is 0.309 e. The molecule has 13 nitrogen and oxygen atoms in total. The van der Waals surface area contributed by atoms with Gasteiger partial charge in [-0.1, -0.05) is 80.1 Å². The molecule has 0 aromatic rings. The minimum absolute atomic E-state index is 0.00287. The average molecular weight is 715 g/mol. The van der Waals surface area contributed by atoms with Gasteiger partial charge < -0.3 is 31.5 Å².